The van der Waals surface area contributed by atoms with Crippen molar-refractivity contribution >= 4 is 23.5 Å². The molecular formula is C17H15ClFNO6. The lowest BCUT2D eigenvalue weighted by molar-refractivity contribution is -0.161. The lowest BCUT2D eigenvalue weighted by atomic mass is 10.3. The maximum atomic E-state index is 13.7. The Balaban J connectivity index is 1.92. The Morgan fingerprint density at radius 1 is 1.23 bits per heavy atom. The van der Waals surface area contributed by atoms with Crippen molar-refractivity contribution in [1.29, 1.82) is 0 Å². The van der Waals surface area contributed by atoms with Crippen LogP contribution in [0.4, 0.5) is 4.39 Å². The van der Waals surface area contributed by atoms with Gasteiger partial charge in [0.2, 0.25) is 0 Å². The molecule has 0 amide bonds. The molecular weight excluding hydrogens is 369 g/mol. The Labute approximate surface area is 153 Å². The Bertz CT molecular complexity index is 783. The second-order valence-corrected chi connectivity index (χ2v) is 5.39. The Morgan fingerprint density at radius 2 is 1.88 bits per heavy atom. The predicted molar refractivity (Wildman–Crippen MR) is 88.8 cm³/mol. The van der Waals surface area contributed by atoms with Crippen LogP contribution < -0.4 is 9.47 Å². The van der Waals surface area contributed by atoms with E-state index < -0.39 is 30.5 Å². The Hall–Kier alpha value is -2.87. The maximum absolute atomic E-state index is 13.7. The number of methoxy groups -OCH3 is 1. The van der Waals surface area contributed by atoms with E-state index in [0.29, 0.717) is 11.5 Å². The number of carbonyl (C=O) groups excluding carboxylic acids is 2. The standard InChI is InChI=1S/C17H15ClFNO6/c1-10(17(22)24-9-15(21)23-2)25-12-3-5-13(6-4-12)26-16-14(19)7-11(18)8-20-16/h3-8,10H,9H2,1-2H3. The molecule has 9 heteroatoms. The highest BCUT2D eigenvalue weighted by molar-refractivity contribution is 6.30. The second-order valence-electron chi connectivity index (χ2n) is 4.96. The molecule has 0 saturated heterocycles. The highest BCUT2D eigenvalue weighted by Gasteiger charge is 2.18. The number of pyridine rings is 1. The van der Waals surface area contributed by atoms with Gasteiger partial charge in [-0.2, -0.15) is 0 Å². The molecule has 1 aromatic carbocycles. The average molecular weight is 384 g/mol. The molecule has 1 aromatic heterocycles. The first-order valence-electron chi connectivity index (χ1n) is 7.38. The third kappa shape index (κ3) is 5.59. The van der Waals surface area contributed by atoms with Crippen molar-refractivity contribution in [2.75, 3.05) is 13.7 Å². The number of benzene rings is 1. The van der Waals surface area contributed by atoms with E-state index in [4.69, 9.17) is 25.8 Å². The van der Waals surface area contributed by atoms with Crippen LogP contribution in [0.25, 0.3) is 0 Å². The number of nitrogens with zero attached hydrogens (tertiary/aromatic N) is 1. The van der Waals surface area contributed by atoms with Crippen LogP contribution in [0.3, 0.4) is 0 Å². The van der Waals surface area contributed by atoms with Crippen LogP contribution in [0.2, 0.25) is 5.02 Å². The smallest absolute Gasteiger partial charge is 0.347 e. The fraction of sp³-hybridized carbons (Fsp3) is 0.235. The van der Waals surface area contributed by atoms with Crippen molar-refractivity contribution in [3.8, 4) is 17.4 Å². The molecule has 0 N–H and O–H groups in total. The highest BCUT2D eigenvalue weighted by Crippen LogP contribution is 2.26. The van der Waals surface area contributed by atoms with Crippen LogP contribution in [-0.2, 0) is 19.1 Å². The topological polar surface area (TPSA) is 84.0 Å². The molecule has 0 fully saturated rings. The monoisotopic (exact) mass is 383 g/mol. The van der Waals surface area contributed by atoms with E-state index in [1.807, 2.05) is 0 Å². The Kier molecular flexibility index (Phi) is 6.74. The van der Waals surface area contributed by atoms with E-state index in [0.717, 1.165) is 6.07 Å². The minimum Gasteiger partial charge on any atom is -0.479 e. The van der Waals surface area contributed by atoms with Crippen LogP contribution in [0, 0.1) is 5.82 Å². The second kappa shape index (κ2) is 9.00. The minimum atomic E-state index is -0.943. The van der Waals surface area contributed by atoms with E-state index >= 15 is 0 Å². The summed E-state index contributed by atoms with van der Waals surface area (Å²) in [6.07, 6.45) is 0.320. The van der Waals surface area contributed by atoms with Gasteiger partial charge in [-0.3, -0.25) is 0 Å². The van der Waals surface area contributed by atoms with Crippen molar-refractivity contribution in [3.05, 3.63) is 47.4 Å². The lowest BCUT2D eigenvalue weighted by Crippen LogP contribution is -2.28. The number of hydrogen-bond acceptors (Lipinski definition) is 7. The molecule has 0 radical (unpaired) electrons. The number of halogens is 2. The van der Waals surface area contributed by atoms with Crippen LogP contribution in [0.5, 0.6) is 17.4 Å². The minimum absolute atomic E-state index is 0.159. The van der Waals surface area contributed by atoms with Crippen LogP contribution in [0.15, 0.2) is 36.5 Å². The van der Waals surface area contributed by atoms with Crippen molar-refractivity contribution in [3.63, 3.8) is 0 Å². The Morgan fingerprint density at radius 3 is 2.50 bits per heavy atom. The zero-order valence-corrected chi connectivity index (χ0v) is 14.7. The first kappa shape index (κ1) is 19.5. The SMILES string of the molecule is COC(=O)COC(=O)C(C)Oc1ccc(Oc2ncc(Cl)cc2F)cc1. The number of aromatic nitrogens is 1. The molecule has 7 nitrogen and oxygen atoms in total. The van der Waals surface area contributed by atoms with Crippen LogP contribution in [-0.4, -0.2) is 36.7 Å². The summed E-state index contributed by atoms with van der Waals surface area (Å²) in [4.78, 5) is 26.4. The quantitative estimate of drug-likeness (QED) is 0.679. The summed E-state index contributed by atoms with van der Waals surface area (Å²) in [5.74, 6) is -1.64. The van der Waals surface area contributed by atoms with Gasteiger partial charge in [-0.05, 0) is 37.3 Å². The van der Waals surface area contributed by atoms with E-state index in [1.165, 1.54) is 44.5 Å². The summed E-state index contributed by atoms with van der Waals surface area (Å²) in [6, 6.07) is 7.15. The molecule has 0 bridgehead atoms. The summed E-state index contributed by atoms with van der Waals surface area (Å²) >= 11 is 5.62. The van der Waals surface area contributed by atoms with Crippen molar-refractivity contribution in [1.82, 2.24) is 4.98 Å². The first-order chi connectivity index (χ1) is 12.4. The zero-order valence-electron chi connectivity index (χ0n) is 13.9. The summed E-state index contributed by atoms with van der Waals surface area (Å²) in [5.41, 5.74) is 0. The molecule has 2 rings (SSSR count). The van der Waals surface area contributed by atoms with Gasteiger partial charge in [-0.1, -0.05) is 11.6 Å². The zero-order chi connectivity index (χ0) is 19.1. The highest BCUT2D eigenvalue weighted by atomic mass is 35.5. The van der Waals surface area contributed by atoms with Gasteiger partial charge in [0.15, 0.2) is 18.5 Å². The molecule has 0 aliphatic heterocycles. The molecule has 2 aromatic rings. The van der Waals surface area contributed by atoms with Gasteiger partial charge >= 0.3 is 11.9 Å². The number of ether oxygens (including phenoxy) is 4. The summed E-state index contributed by atoms with van der Waals surface area (Å²) in [6.45, 7) is 0.979. The fourth-order valence-electron chi connectivity index (χ4n) is 1.73. The first-order valence-corrected chi connectivity index (χ1v) is 7.76. The van der Waals surface area contributed by atoms with Crippen molar-refractivity contribution in [2.24, 2.45) is 0 Å². The number of hydrogen-bond donors (Lipinski definition) is 0. The predicted octanol–water partition coefficient (Wildman–Crippen LogP) is 3.15. The van der Waals surface area contributed by atoms with Crippen molar-refractivity contribution in [2.45, 2.75) is 13.0 Å². The van der Waals surface area contributed by atoms with Gasteiger partial charge in [0.25, 0.3) is 5.88 Å². The third-order valence-electron chi connectivity index (χ3n) is 3.02. The van der Waals surface area contributed by atoms with Crippen LogP contribution >= 0.6 is 11.6 Å². The molecule has 0 saturated carbocycles. The number of esters is 2. The van der Waals surface area contributed by atoms with E-state index in [9.17, 15) is 14.0 Å². The van der Waals surface area contributed by atoms with Gasteiger partial charge in [0, 0.05) is 6.20 Å². The normalized spacial score (nSPS) is 11.4. The van der Waals surface area contributed by atoms with E-state index in [1.54, 1.807) is 0 Å². The molecule has 1 heterocycles. The molecule has 138 valence electrons. The van der Waals surface area contributed by atoms with Crippen molar-refractivity contribution < 1.29 is 32.9 Å². The fourth-order valence-corrected chi connectivity index (χ4v) is 1.88. The molecule has 1 unspecified atom stereocenters. The molecule has 0 aliphatic rings. The third-order valence-corrected chi connectivity index (χ3v) is 3.22. The van der Waals surface area contributed by atoms with E-state index in [-0.39, 0.29) is 10.9 Å². The average Bonchev–Trinajstić information content (AvgIpc) is 2.63. The van der Waals surface area contributed by atoms with Crippen LogP contribution in [0.1, 0.15) is 6.92 Å². The molecule has 0 spiro atoms. The summed E-state index contributed by atoms with van der Waals surface area (Å²) in [5, 5.41) is 0.159. The lowest BCUT2D eigenvalue weighted by Gasteiger charge is -2.14. The molecule has 26 heavy (non-hydrogen) atoms. The number of carbonyl (C=O) groups is 2. The van der Waals surface area contributed by atoms with Gasteiger partial charge < -0.3 is 18.9 Å². The van der Waals surface area contributed by atoms with Gasteiger partial charge in [0.05, 0.1) is 12.1 Å². The largest absolute Gasteiger partial charge is 0.479 e. The maximum Gasteiger partial charge on any atom is 0.347 e. The van der Waals surface area contributed by atoms with Gasteiger partial charge in [-0.15, -0.1) is 0 Å². The summed E-state index contributed by atoms with van der Waals surface area (Å²) < 4.78 is 33.4. The van der Waals surface area contributed by atoms with Gasteiger partial charge in [0.1, 0.15) is 11.5 Å². The molecule has 0 aliphatic carbocycles. The van der Waals surface area contributed by atoms with E-state index in [2.05, 4.69) is 9.72 Å². The van der Waals surface area contributed by atoms with Gasteiger partial charge in [-0.25, -0.2) is 19.0 Å². The number of rotatable bonds is 7. The molecule has 1 atom stereocenters. The summed E-state index contributed by atoms with van der Waals surface area (Å²) in [7, 11) is 1.19.